The van der Waals surface area contributed by atoms with Crippen LogP contribution in [0.25, 0.3) is 0 Å². The first kappa shape index (κ1) is 13.4. The summed E-state index contributed by atoms with van der Waals surface area (Å²) in [5.74, 6) is -1.50. The van der Waals surface area contributed by atoms with Crippen molar-refractivity contribution in [2.24, 2.45) is 5.92 Å². The van der Waals surface area contributed by atoms with Crippen LogP contribution in [0.5, 0.6) is 0 Å². The first-order valence-corrected chi connectivity index (χ1v) is 7.05. The fourth-order valence-corrected chi connectivity index (χ4v) is 2.94. The van der Waals surface area contributed by atoms with Crippen LogP contribution < -0.4 is 5.32 Å². The normalized spacial score (nSPS) is 23.3. The standard InChI is InChI=1S/C13H16FNO2S/c1-7-3-10(14)9(5-12(7)18-2)11-4-8(6-15-11)13(16)17/h3,5,8,11,15H,4,6H2,1-2H3,(H,16,17). The van der Waals surface area contributed by atoms with Crippen LogP contribution >= 0.6 is 11.8 Å². The lowest BCUT2D eigenvalue weighted by molar-refractivity contribution is -0.141. The van der Waals surface area contributed by atoms with Gasteiger partial charge in [-0.25, -0.2) is 4.39 Å². The van der Waals surface area contributed by atoms with Gasteiger partial charge in [0.15, 0.2) is 0 Å². The van der Waals surface area contributed by atoms with Crippen molar-refractivity contribution >= 4 is 17.7 Å². The molecule has 3 nitrogen and oxygen atoms in total. The second kappa shape index (κ2) is 5.28. The first-order valence-electron chi connectivity index (χ1n) is 5.83. The van der Waals surface area contributed by atoms with Gasteiger partial charge in [-0.1, -0.05) is 0 Å². The van der Waals surface area contributed by atoms with Gasteiger partial charge in [0, 0.05) is 23.0 Å². The predicted octanol–water partition coefficient (Wildman–Crippen LogP) is 2.59. The van der Waals surface area contributed by atoms with Crippen LogP contribution in [0.2, 0.25) is 0 Å². The Morgan fingerprint density at radius 2 is 2.28 bits per heavy atom. The van der Waals surface area contributed by atoms with E-state index in [9.17, 15) is 9.18 Å². The third-order valence-electron chi connectivity index (χ3n) is 3.37. The Balaban J connectivity index is 2.26. The maximum absolute atomic E-state index is 14.0. The van der Waals surface area contributed by atoms with Crippen molar-refractivity contribution in [1.29, 1.82) is 0 Å². The van der Waals surface area contributed by atoms with Crippen molar-refractivity contribution in [1.82, 2.24) is 5.32 Å². The molecule has 2 N–H and O–H groups in total. The molecular formula is C13H16FNO2S. The van der Waals surface area contributed by atoms with Crippen molar-refractivity contribution in [3.8, 4) is 0 Å². The van der Waals surface area contributed by atoms with E-state index in [1.54, 1.807) is 11.8 Å². The molecule has 1 aromatic rings. The molecule has 0 aliphatic carbocycles. The van der Waals surface area contributed by atoms with E-state index in [2.05, 4.69) is 5.32 Å². The van der Waals surface area contributed by atoms with Gasteiger partial charge in [-0.3, -0.25) is 4.79 Å². The molecule has 2 unspecified atom stereocenters. The van der Waals surface area contributed by atoms with Crippen LogP contribution in [0.1, 0.15) is 23.6 Å². The summed E-state index contributed by atoms with van der Waals surface area (Å²) >= 11 is 1.57. The van der Waals surface area contributed by atoms with Gasteiger partial charge < -0.3 is 10.4 Å². The second-order valence-electron chi connectivity index (χ2n) is 4.58. The van der Waals surface area contributed by atoms with E-state index in [1.807, 2.05) is 19.2 Å². The highest BCUT2D eigenvalue weighted by Gasteiger charge is 2.31. The third-order valence-corrected chi connectivity index (χ3v) is 4.25. The second-order valence-corrected chi connectivity index (χ2v) is 5.42. The number of thioether (sulfide) groups is 1. The van der Waals surface area contributed by atoms with Crippen molar-refractivity contribution in [2.45, 2.75) is 24.3 Å². The summed E-state index contributed by atoms with van der Waals surface area (Å²) < 4.78 is 14.0. The molecular weight excluding hydrogens is 253 g/mol. The highest BCUT2D eigenvalue weighted by atomic mass is 32.2. The summed E-state index contributed by atoms with van der Waals surface area (Å²) in [5.41, 5.74) is 1.49. The number of hydrogen-bond donors (Lipinski definition) is 2. The Morgan fingerprint density at radius 3 is 2.83 bits per heavy atom. The molecule has 0 radical (unpaired) electrons. The number of aliphatic carboxylic acids is 1. The van der Waals surface area contributed by atoms with Crippen LogP contribution in [-0.2, 0) is 4.79 Å². The van der Waals surface area contributed by atoms with Gasteiger partial charge in [-0.15, -0.1) is 11.8 Å². The minimum absolute atomic E-state index is 0.197. The molecule has 2 rings (SSSR count). The maximum Gasteiger partial charge on any atom is 0.307 e. The van der Waals surface area contributed by atoms with E-state index in [0.29, 0.717) is 18.5 Å². The number of aryl methyl sites for hydroxylation is 1. The fourth-order valence-electron chi connectivity index (χ4n) is 2.32. The van der Waals surface area contributed by atoms with E-state index in [1.165, 1.54) is 6.07 Å². The minimum Gasteiger partial charge on any atom is -0.481 e. The van der Waals surface area contributed by atoms with Crippen molar-refractivity contribution < 1.29 is 14.3 Å². The highest BCUT2D eigenvalue weighted by molar-refractivity contribution is 7.98. The number of hydrogen-bond acceptors (Lipinski definition) is 3. The average Bonchev–Trinajstić information content (AvgIpc) is 2.78. The number of carboxylic acids is 1. The molecule has 98 valence electrons. The lowest BCUT2D eigenvalue weighted by atomic mass is 9.99. The van der Waals surface area contributed by atoms with Crippen LogP contribution in [0.3, 0.4) is 0 Å². The molecule has 1 aliphatic rings. The van der Waals surface area contributed by atoms with Crippen LogP contribution in [0, 0.1) is 18.7 Å². The van der Waals surface area contributed by atoms with Crippen LogP contribution in [0.4, 0.5) is 4.39 Å². The summed E-state index contributed by atoms with van der Waals surface area (Å²) in [6.07, 6.45) is 2.40. The van der Waals surface area contributed by atoms with Gasteiger partial charge in [0.05, 0.1) is 5.92 Å². The molecule has 1 aromatic carbocycles. The maximum atomic E-state index is 14.0. The summed E-state index contributed by atoms with van der Waals surface area (Å²) in [5, 5.41) is 12.0. The third kappa shape index (κ3) is 2.52. The lowest BCUT2D eigenvalue weighted by Crippen LogP contribution is -2.17. The molecule has 18 heavy (non-hydrogen) atoms. The predicted molar refractivity (Wildman–Crippen MR) is 69.4 cm³/mol. The molecule has 1 saturated heterocycles. The Labute approximate surface area is 110 Å². The largest absolute Gasteiger partial charge is 0.481 e. The smallest absolute Gasteiger partial charge is 0.307 e. The first-order chi connectivity index (χ1) is 8.52. The molecule has 1 fully saturated rings. The highest BCUT2D eigenvalue weighted by Crippen LogP contribution is 2.32. The molecule has 5 heteroatoms. The monoisotopic (exact) mass is 269 g/mol. The zero-order valence-corrected chi connectivity index (χ0v) is 11.2. The fraction of sp³-hybridized carbons (Fsp3) is 0.462. The quantitative estimate of drug-likeness (QED) is 0.828. The van der Waals surface area contributed by atoms with Gasteiger partial charge >= 0.3 is 5.97 Å². The average molecular weight is 269 g/mol. The molecule has 1 heterocycles. The van der Waals surface area contributed by atoms with Gasteiger partial charge in [0.1, 0.15) is 5.82 Å². The number of nitrogens with one attached hydrogen (secondary N) is 1. The zero-order valence-electron chi connectivity index (χ0n) is 10.4. The van der Waals surface area contributed by atoms with E-state index < -0.39 is 11.9 Å². The van der Waals surface area contributed by atoms with Crippen molar-refractivity contribution in [3.05, 3.63) is 29.1 Å². The van der Waals surface area contributed by atoms with E-state index in [0.717, 1.165) is 10.5 Å². The Kier molecular flexibility index (Phi) is 3.92. The SMILES string of the molecule is CSc1cc(C2CC(C(=O)O)CN2)c(F)cc1C. The van der Waals surface area contributed by atoms with E-state index in [-0.39, 0.29) is 11.9 Å². The number of rotatable bonds is 3. The van der Waals surface area contributed by atoms with Gasteiger partial charge in [-0.05, 0) is 37.3 Å². The Morgan fingerprint density at radius 1 is 1.56 bits per heavy atom. The molecule has 0 bridgehead atoms. The van der Waals surface area contributed by atoms with Crippen molar-refractivity contribution in [2.75, 3.05) is 12.8 Å². The number of carboxylic acid groups (broad SMARTS) is 1. The number of halogens is 1. The number of carbonyl (C=O) groups is 1. The van der Waals surface area contributed by atoms with Gasteiger partial charge in [-0.2, -0.15) is 0 Å². The summed E-state index contributed by atoms with van der Waals surface area (Å²) in [6.45, 7) is 2.28. The molecule has 0 saturated carbocycles. The minimum atomic E-state index is -0.817. The number of benzene rings is 1. The van der Waals surface area contributed by atoms with Gasteiger partial charge in [0.2, 0.25) is 0 Å². The lowest BCUT2D eigenvalue weighted by Gasteiger charge is -2.14. The molecule has 0 amide bonds. The molecule has 2 atom stereocenters. The summed E-state index contributed by atoms with van der Waals surface area (Å²) in [4.78, 5) is 11.9. The molecule has 1 aliphatic heterocycles. The molecule has 0 aromatic heterocycles. The Hall–Kier alpha value is -1.07. The van der Waals surface area contributed by atoms with Crippen LogP contribution in [0.15, 0.2) is 17.0 Å². The van der Waals surface area contributed by atoms with Crippen LogP contribution in [-0.4, -0.2) is 23.9 Å². The van der Waals surface area contributed by atoms with Crippen molar-refractivity contribution in [3.63, 3.8) is 0 Å². The van der Waals surface area contributed by atoms with E-state index in [4.69, 9.17) is 5.11 Å². The summed E-state index contributed by atoms with van der Waals surface area (Å²) in [7, 11) is 0. The Bertz CT molecular complexity index is 478. The van der Waals surface area contributed by atoms with E-state index >= 15 is 0 Å². The van der Waals surface area contributed by atoms with Gasteiger partial charge in [0.25, 0.3) is 0 Å². The molecule has 0 spiro atoms. The summed E-state index contributed by atoms with van der Waals surface area (Å²) in [6, 6.07) is 3.16. The zero-order chi connectivity index (χ0) is 13.3. The topological polar surface area (TPSA) is 49.3 Å².